The second-order valence-electron chi connectivity index (χ2n) is 4.70. The van der Waals surface area contributed by atoms with Gasteiger partial charge in [-0.3, -0.25) is 4.90 Å². The molecule has 0 aromatic heterocycles. The molecular formula is C12H21N. The molecule has 1 atom stereocenters. The van der Waals surface area contributed by atoms with Gasteiger partial charge < -0.3 is 0 Å². The van der Waals surface area contributed by atoms with Gasteiger partial charge in [-0.1, -0.05) is 18.6 Å². The molecule has 1 aliphatic carbocycles. The summed E-state index contributed by atoms with van der Waals surface area (Å²) in [5, 5.41) is 0. The van der Waals surface area contributed by atoms with Crippen molar-refractivity contribution in [2.75, 3.05) is 13.1 Å². The summed E-state index contributed by atoms with van der Waals surface area (Å²) < 4.78 is 0. The minimum atomic E-state index is 0.401. The van der Waals surface area contributed by atoms with E-state index in [0.717, 1.165) is 0 Å². The molecule has 1 fully saturated rings. The molecule has 1 heteroatoms. The van der Waals surface area contributed by atoms with Crippen LogP contribution < -0.4 is 0 Å². The van der Waals surface area contributed by atoms with Crippen LogP contribution in [0.2, 0.25) is 0 Å². The maximum atomic E-state index is 2.69. The Morgan fingerprint density at radius 1 is 1.08 bits per heavy atom. The van der Waals surface area contributed by atoms with Gasteiger partial charge >= 0.3 is 0 Å². The lowest BCUT2D eigenvalue weighted by Crippen LogP contribution is -2.48. The van der Waals surface area contributed by atoms with Crippen LogP contribution in [0.15, 0.2) is 12.2 Å². The van der Waals surface area contributed by atoms with E-state index in [-0.39, 0.29) is 0 Å². The van der Waals surface area contributed by atoms with Gasteiger partial charge in [-0.15, -0.1) is 0 Å². The lowest BCUT2D eigenvalue weighted by Gasteiger charge is -2.43. The van der Waals surface area contributed by atoms with Gasteiger partial charge in [-0.25, -0.2) is 0 Å². The normalized spacial score (nSPS) is 36.4. The summed E-state index contributed by atoms with van der Waals surface area (Å²) in [4.78, 5) is 2.69. The highest BCUT2D eigenvalue weighted by Gasteiger charge is 2.30. The van der Waals surface area contributed by atoms with Crippen molar-refractivity contribution in [1.29, 1.82) is 0 Å². The van der Waals surface area contributed by atoms with Crippen LogP contribution in [0, 0.1) is 0 Å². The summed E-state index contributed by atoms with van der Waals surface area (Å²) >= 11 is 0. The summed E-state index contributed by atoms with van der Waals surface area (Å²) in [5.74, 6) is 0. The second kappa shape index (κ2) is 3.83. The largest absolute Gasteiger partial charge is 0.294 e. The van der Waals surface area contributed by atoms with Crippen LogP contribution in [0.4, 0.5) is 0 Å². The van der Waals surface area contributed by atoms with E-state index in [9.17, 15) is 0 Å². The molecule has 0 bridgehead atoms. The molecule has 0 aromatic carbocycles. The lowest BCUT2D eigenvalue weighted by atomic mass is 9.86. The number of likely N-dealkylation sites (tertiary alicyclic amines) is 1. The highest BCUT2D eigenvalue weighted by molar-refractivity contribution is 5.08. The van der Waals surface area contributed by atoms with Crippen LogP contribution in [-0.4, -0.2) is 23.5 Å². The predicted octanol–water partition coefficient (Wildman–Crippen LogP) is 2.97. The Bertz CT molecular complexity index is 191. The maximum absolute atomic E-state index is 2.69. The van der Waals surface area contributed by atoms with Crippen LogP contribution in [-0.2, 0) is 0 Å². The Labute approximate surface area is 81.8 Å². The molecule has 0 radical (unpaired) electrons. The first-order valence-electron chi connectivity index (χ1n) is 5.74. The molecule has 1 nitrogen and oxygen atoms in total. The average Bonchev–Trinajstić information content (AvgIpc) is 2.20. The summed E-state index contributed by atoms with van der Waals surface area (Å²) in [5.41, 5.74) is 0.401. The van der Waals surface area contributed by atoms with Gasteiger partial charge in [0.1, 0.15) is 0 Å². The molecule has 1 aliphatic heterocycles. The molecule has 2 rings (SSSR count). The molecule has 1 unspecified atom stereocenters. The summed E-state index contributed by atoms with van der Waals surface area (Å²) in [6.07, 6.45) is 13.1. The Balaban J connectivity index is 2.03. The van der Waals surface area contributed by atoms with Crippen molar-refractivity contribution in [2.24, 2.45) is 0 Å². The fourth-order valence-electron chi connectivity index (χ4n) is 2.67. The molecule has 1 heterocycles. The SMILES string of the molecule is CC1(N2CCCCC2)C=CCCC1. The van der Waals surface area contributed by atoms with E-state index in [4.69, 9.17) is 0 Å². The highest BCUT2D eigenvalue weighted by atomic mass is 15.2. The van der Waals surface area contributed by atoms with Gasteiger partial charge in [0.2, 0.25) is 0 Å². The van der Waals surface area contributed by atoms with E-state index in [1.54, 1.807) is 0 Å². The van der Waals surface area contributed by atoms with Gasteiger partial charge in [0.15, 0.2) is 0 Å². The van der Waals surface area contributed by atoms with Crippen molar-refractivity contribution in [1.82, 2.24) is 4.90 Å². The molecule has 74 valence electrons. The zero-order valence-electron chi connectivity index (χ0n) is 8.76. The molecule has 0 aromatic rings. The molecule has 0 saturated carbocycles. The summed E-state index contributed by atoms with van der Waals surface area (Å²) in [7, 11) is 0. The fraction of sp³-hybridized carbons (Fsp3) is 0.833. The third kappa shape index (κ3) is 1.96. The van der Waals surface area contributed by atoms with Crippen molar-refractivity contribution in [3.05, 3.63) is 12.2 Å². The predicted molar refractivity (Wildman–Crippen MR) is 56.8 cm³/mol. The van der Waals surface area contributed by atoms with Gasteiger partial charge in [0.25, 0.3) is 0 Å². The Hall–Kier alpha value is -0.300. The molecule has 0 amide bonds. The summed E-state index contributed by atoms with van der Waals surface area (Å²) in [6.45, 7) is 5.05. The van der Waals surface area contributed by atoms with E-state index in [0.29, 0.717) is 5.54 Å². The van der Waals surface area contributed by atoms with Crippen molar-refractivity contribution < 1.29 is 0 Å². The topological polar surface area (TPSA) is 3.24 Å². The second-order valence-corrected chi connectivity index (χ2v) is 4.70. The third-order valence-corrected chi connectivity index (χ3v) is 3.61. The molecule has 1 saturated heterocycles. The minimum absolute atomic E-state index is 0.401. The zero-order valence-corrected chi connectivity index (χ0v) is 8.76. The van der Waals surface area contributed by atoms with Crippen LogP contribution in [0.5, 0.6) is 0 Å². The van der Waals surface area contributed by atoms with E-state index in [1.807, 2.05) is 0 Å². The van der Waals surface area contributed by atoms with E-state index in [1.165, 1.54) is 51.6 Å². The lowest BCUT2D eigenvalue weighted by molar-refractivity contribution is 0.105. The van der Waals surface area contributed by atoms with Crippen molar-refractivity contribution in [3.63, 3.8) is 0 Å². The molecular weight excluding hydrogens is 158 g/mol. The number of hydrogen-bond acceptors (Lipinski definition) is 1. The first-order chi connectivity index (χ1) is 6.31. The van der Waals surface area contributed by atoms with E-state index in [2.05, 4.69) is 24.0 Å². The number of hydrogen-bond donors (Lipinski definition) is 0. The monoisotopic (exact) mass is 179 g/mol. The van der Waals surface area contributed by atoms with Crippen LogP contribution >= 0.6 is 0 Å². The maximum Gasteiger partial charge on any atom is 0.0363 e. The molecule has 0 N–H and O–H groups in total. The number of allylic oxidation sites excluding steroid dienone is 1. The standard InChI is InChI=1S/C12H21N/c1-12(8-4-2-5-9-12)13-10-6-3-7-11-13/h4,8H,2-3,5-7,9-11H2,1H3. The smallest absolute Gasteiger partial charge is 0.0363 e. The van der Waals surface area contributed by atoms with Gasteiger partial charge in [-0.2, -0.15) is 0 Å². The van der Waals surface area contributed by atoms with Crippen LogP contribution in [0.1, 0.15) is 45.4 Å². The van der Waals surface area contributed by atoms with Crippen molar-refractivity contribution in [3.8, 4) is 0 Å². The summed E-state index contributed by atoms with van der Waals surface area (Å²) in [6, 6.07) is 0. The van der Waals surface area contributed by atoms with Gasteiger partial charge in [0.05, 0.1) is 0 Å². The van der Waals surface area contributed by atoms with E-state index < -0.39 is 0 Å². The highest BCUT2D eigenvalue weighted by Crippen LogP contribution is 2.30. The molecule has 2 aliphatic rings. The molecule has 13 heavy (non-hydrogen) atoms. The Kier molecular flexibility index (Phi) is 2.73. The Morgan fingerprint density at radius 2 is 1.85 bits per heavy atom. The zero-order chi connectivity index (χ0) is 9.15. The van der Waals surface area contributed by atoms with Crippen molar-refractivity contribution >= 4 is 0 Å². The fourth-order valence-corrected chi connectivity index (χ4v) is 2.67. The average molecular weight is 179 g/mol. The van der Waals surface area contributed by atoms with Crippen molar-refractivity contribution in [2.45, 2.75) is 51.0 Å². The first-order valence-corrected chi connectivity index (χ1v) is 5.74. The minimum Gasteiger partial charge on any atom is -0.294 e. The van der Waals surface area contributed by atoms with Crippen LogP contribution in [0.3, 0.4) is 0 Å². The number of rotatable bonds is 1. The van der Waals surface area contributed by atoms with Crippen LogP contribution in [0.25, 0.3) is 0 Å². The number of nitrogens with zero attached hydrogens (tertiary/aromatic N) is 1. The van der Waals surface area contributed by atoms with Gasteiger partial charge in [-0.05, 0) is 52.1 Å². The first kappa shape index (κ1) is 9.26. The quantitative estimate of drug-likeness (QED) is 0.559. The molecule has 0 spiro atoms. The third-order valence-electron chi connectivity index (χ3n) is 3.61. The number of piperidine rings is 1. The Morgan fingerprint density at radius 3 is 2.46 bits per heavy atom. The van der Waals surface area contributed by atoms with E-state index >= 15 is 0 Å². The van der Waals surface area contributed by atoms with Gasteiger partial charge in [0, 0.05) is 5.54 Å².